The maximum atomic E-state index is 11.7. The topological polar surface area (TPSA) is 55.8 Å². The standard InChI is InChI=1S/C30H52O4/c1-21(8-13-28(32)33-4)25-11-12-26-24-10-9-22-20-23(34-19-7-5-6-18-31)14-16-29(22,2)27(24)15-17-30(25,26)3/h21-27,31H,5-20H2,1-4H3/t21-,22?,23+,24+,25-,26+,27+,29+,30-/m1/s1. The third-order valence-electron chi connectivity index (χ3n) is 11.6. The summed E-state index contributed by atoms with van der Waals surface area (Å²) in [6.07, 6.45) is 17.4. The Hall–Kier alpha value is -0.610. The second-order valence-corrected chi connectivity index (χ2v) is 13.0. The van der Waals surface area contributed by atoms with E-state index >= 15 is 0 Å². The van der Waals surface area contributed by atoms with Gasteiger partial charge < -0.3 is 14.6 Å². The third-order valence-corrected chi connectivity index (χ3v) is 11.6. The first-order valence-corrected chi connectivity index (χ1v) is 14.6. The Kier molecular flexibility index (Phi) is 8.71. The Labute approximate surface area is 208 Å². The third kappa shape index (κ3) is 5.10. The molecule has 0 amide bonds. The SMILES string of the molecule is COC(=O)CC[C@@H](C)[C@H]1CC[C@H]2[C@@H]3CCC4C[C@@H](OCCCCCO)CC[C@]4(C)[C@H]3CC[C@]12C. The Morgan fingerprint density at radius 3 is 2.50 bits per heavy atom. The number of rotatable bonds is 10. The van der Waals surface area contributed by atoms with Crippen LogP contribution < -0.4 is 0 Å². The Balaban J connectivity index is 1.35. The highest BCUT2D eigenvalue weighted by Crippen LogP contribution is 2.68. The van der Waals surface area contributed by atoms with Crippen LogP contribution in [0.2, 0.25) is 0 Å². The summed E-state index contributed by atoms with van der Waals surface area (Å²) in [7, 11) is 1.51. The number of aliphatic hydroxyl groups excluding tert-OH is 1. The normalized spacial score (nSPS) is 42.4. The summed E-state index contributed by atoms with van der Waals surface area (Å²) < 4.78 is 11.2. The number of esters is 1. The van der Waals surface area contributed by atoms with Crippen molar-refractivity contribution in [2.24, 2.45) is 46.3 Å². The Morgan fingerprint density at radius 1 is 0.971 bits per heavy atom. The van der Waals surface area contributed by atoms with Crippen LogP contribution >= 0.6 is 0 Å². The molecular weight excluding hydrogens is 424 g/mol. The minimum atomic E-state index is -0.0498. The first-order chi connectivity index (χ1) is 16.3. The van der Waals surface area contributed by atoms with Crippen molar-refractivity contribution in [1.29, 1.82) is 0 Å². The van der Waals surface area contributed by atoms with Crippen molar-refractivity contribution in [3.63, 3.8) is 0 Å². The molecule has 4 nitrogen and oxygen atoms in total. The molecular formula is C30H52O4. The van der Waals surface area contributed by atoms with Crippen LogP contribution in [0.3, 0.4) is 0 Å². The van der Waals surface area contributed by atoms with Gasteiger partial charge in [0.1, 0.15) is 0 Å². The second kappa shape index (κ2) is 11.2. The number of carbonyl (C=O) groups is 1. The first kappa shape index (κ1) is 26.5. The van der Waals surface area contributed by atoms with Crippen molar-refractivity contribution in [2.75, 3.05) is 20.3 Å². The predicted molar refractivity (Wildman–Crippen MR) is 136 cm³/mol. The molecule has 4 fully saturated rings. The fourth-order valence-electron chi connectivity index (χ4n) is 9.63. The van der Waals surface area contributed by atoms with Crippen LogP contribution in [0.5, 0.6) is 0 Å². The lowest BCUT2D eigenvalue weighted by Crippen LogP contribution is -2.54. The number of carbonyl (C=O) groups excluding carboxylic acids is 1. The van der Waals surface area contributed by atoms with E-state index in [-0.39, 0.29) is 5.97 Å². The molecule has 0 saturated heterocycles. The number of ether oxygens (including phenoxy) is 2. The zero-order valence-corrected chi connectivity index (χ0v) is 22.5. The Morgan fingerprint density at radius 2 is 1.74 bits per heavy atom. The maximum Gasteiger partial charge on any atom is 0.305 e. The van der Waals surface area contributed by atoms with Crippen LogP contribution in [0.25, 0.3) is 0 Å². The van der Waals surface area contributed by atoms with Crippen LogP contribution in [0.1, 0.15) is 111 Å². The molecule has 1 unspecified atom stereocenters. The van der Waals surface area contributed by atoms with Crippen LogP contribution in [-0.4, -0.2) is 37.5 Å². The quantitative estimate of drug-likeness (QED) is 0.279. The summed E-state index contributed by atoms with van der Waals surface area (Å²) in [4.78, 5) is 11.7. The molecule has 34 heavy (non-hydrogen) atoms. The molecule has 0 bridgehead atoms. The van der Waals surface area contributed by atoms with Gasteiger partial charge in [0.25, 0.3) is 0 Å². The highest BCUT2D eigenvalue weighted by Gasteiger charge is 2.60. The van der Waals surface area contributed by atoms with Crippen LogP contribution in [0.15, 0.2) is 0 Å². The number of methoxy groups -OCH3 is 1. The van der Waals surface area contributed by atoms with Crippen molar-refractivity contribution in [2.45, 2.75) is 117 Å². The van der Waals surface area contributed by atoms with Gasteiger partial charge in [-0.2, -0.15) is 0 Å². The van der Waals surface area contributed by atoms with E-state index in [1.54, 1.807) is 0 Å². The number of hydrogen-bond acceptors (Lipinski definition) is 4. The summed E-state index contributed by atoms with van der Waals surface area (Å²) in [5.41, 5.74) is 0.977. The van der Waals surface area contributed by atoms with E-state index in [4.69, 9.17) is 14.6 Å². The fraction of sp³-hybridized carbons (Fsp3) is 0.967. The molecule has 0 heterocycles. The number of hydrogen-bond donors (Lipinski definition) is 1. The molecule has 196 valence electrons. The molecule has 1 N–H and O–H groups in total. The van der Waals surface area contributed by atoms with Gasteiger partial charge in [-0.15, -0.1) is 0 Å². The average molecular weight is 477 g/mol. The molecule has 9 atom stereocenters. The van der Waals surface area contributed by atoms with Crippen molar-refractivity contribution in [1.82, 2.24) is 0 Å². The zero-order valence-electron chi connectivity index (χ0n) is 22.5. The molecule has 0 aromatic rings. The van der Waals surface area contributed by atoms with Gasteiger partial charge in [-0.1, -0.05) is 20.8 Å². The van der Waals surface area contributed by atoms with E-state index < -0.39 is 0 Å². The molecule has 4 heteroatoms. The van der Waals surface area contributed by atoms with Crippen molar-refractivity contribution in [3.8, 4) is 0 Å². The molecule has 0 aromatic heterocycles. The van der Waals surface area contributed by atoms with E-state index in [0.29, 0.717) is 35.9 Å². The van der Waals surface area contributed by atoms with Crippen LogP contribution in [-0.2, 0) is 14.3 Å². The summed E-state index contributed by atoms with van der Waals surface area (Å²) in [5.74, 6) is 4.87. The van der Waals surface area contributed by atoms with E-state index in [1.165, 1.54) is 64.9 Å². The molecule has 4 aliphatic carbocycles. The van der Waals surface area contributed by atoms with Gasteiger partial charge in [0.2, 0.25) is 0 Å². The van der Waals surface area contributed by atoms with Crippen molar-refractivity contribution >= 4 is 5.97 Å². The minimum absolute atomic E-state index is 0.0498. The summed E-state index contributed by atoms with van der Waals surface area (Å²) in [5, 5.41) is 8.98. The summed E-state index contributed by atoms with van der Waals surface area (Å²) >= 11 is 0. The molecule has 4 rings (SSSR count). The second-order valence-electron chi connectivity index (χ2n) is 13.0. The van der Waals surface area contributed by atoms with Gasteiger partial charge in [0.05, 0.1) is 13.2 Å². The number of fused-ring (bicyclic) bond motifs is 5. The summed E-state index contributed by atoms with van der Waals surface area (Å²) in [6.45, 7) is 8.85. The van der Waals surface area contributed by atoms with Gasteiger partial charge >= 0.3 is 5.97 Å². The fourth-order valence-corrected chi connectivity index (χ4v) is 9.63. The molecule has 0 aliphatic heterocycles. The van der Waals surface area contributed by atoms with Gasteiger partial charge in [0.15, 0.2) is 0 Å². The number of unbranched alkanes of at least 4 members (excludes halogenated alkanes) is 2. The highest BCUT2D eigenvalue weighted by molar-refractivity contribution is 5.69. The Bertz CT molecular complexity index is 679. The zero-order chi connectivity index (χ0) is 24.3. The lowest BCUT2D eigenvalue weighted by Gasteiger charge is -2.61. The lowest BCUT2D eigenvalue weighted by molar-refractivity contribution is -0.142. The van der Waals surface area contributed by atoms with E-state index in [9.17, 15) is 4.79 Å². The van der Waals surface area contributed by atoms with Crippen LogP contribution in [0.4, 0.5) is 0 Å². The van der Waals surface area contributed by atoms with Gasteiger partial charge in [-0.3, -0.25) is 4.79 Å². The van der Waals surface area contributed by atoms with Gasteiger partial charge in [-0.25, -0.2) is 0 Å². The molecule has 0 spiro atoms. The molecule has 4 aliphatic rings. The van der Waals surface area contributed by atoms with E-state index in [2.05, 4.69) is 20.8 Å². The molecule has 4 saturated carbocycles. The first-order valence-electron chi connectivity index (χ1n) is 14.6. The van der Waals surface area contributed by atoms with Gasteiger partial charge in [0, 0.05) is 19.6 Å². The highest BCUT2D eigenvalue weighted by atomic mass is 16.5. The smallest absolute Gasteiger partial charge is 0.305 e. The monoisotopic (exact) mass is 476 g/mol. The predicted octanol–water partition coefficient (Wildman–Crippen LogP) is 6.78. The largest absolute Gasteiger partial charge is 0.469 e. The lowest BCUT2D eigenvalue weighted by atomic mass is 9.44. The molecule has 0 aromatic carbocycles. The minimum Gasteiger partial charge on any atom is -0.469 e. The van der Waals surface area contributed by atoms with E-state index in [1.807, 2.05) is 0 Å². The number of aliphatic hydroxyl groups is 1. The van der Waals surface area contributed by atoms with Crippen molar-refractivity contribution in [3.05, 3.63) is 0 Å². The van der Waals surface area contributed by atoms with Gasteiger partial charge in [-0.05, 0) is 130 Å². The van der Waals surface area contributed by atoms with Crippen LogP contribution in [0, 0.1) is 46.3 Å². The van der Waals surface area contributed by atoms with E-state index in [0.717, 1.165) is 61.9 Å². The molecule has 0 radical (unpaired) electrons. The maximum absolute atomic E-state index is 11.7. The summed E-state index contributed by atoms with van der Waals surface area (Å²) in [6, 6.07) is 0. The average Bonchev–Trinajstić information content (AvgIpc) is 3.19. The van der Waals surface area contributed by atoms with Crippen molar-refractivity contribution < 1.29 is 19.4 Å².